The molecule has 0 unspecified atom stereocenters. The fraction of sp³-hybridized carbons (Fsp3) is 0.444. The van der Waals surface area contributed by atoms with Crippen LogP contribution in [-0.4, -0.2) is 51.4 Å². The summed E-state index contributed by atoms with van der Waals surface area (Å²) in [6, 6.07) is 3.56. The molecule has 0 radical (unpaired) electrons. The molecule has 0 aliphatic carbocycles. The molecule has 3 aromatic heterocycles. The number of ketones is 1. The van der Waals surface area contributed by atoms with Gasteiger partial charge in [-0.1, -0.05) is 16.9 Å². The Morgan fingerprint density at radius 2 is 2.17 bits per heavy atom. The molecule has 0 spiro atoms. The number of aryl methyl sites for hydroxylation is 1. The predicted octanol–water partition coefficient (Wildman–Crippen LogP) is 2.42. The molecule has 1 saturated heterocycles. The van der Waals surface area contributed by atoms with Gasteiger partial charge in [-0.05, 0) is 32.3 Å². The van der Waals surface area contributed by atoms with Crippen molar-refractivity contribution in [3.05, 3.63) is 41.2 Å². The summed E-state index contributed by atoms with van der Waals surface area (Å²) in [6.07, 6.45) is 2.55. The summed E-state index contributed by atoms with van der Waals surface area (Å²) in [5.74, 6) is 1.53. The van der Waals surface area contributed by atoms with Crippen LogP contribution in [0.15, 0.2) is 32.6 Å². The van der Waals surface area contributed by atoms with Gasteiger partial charge in [0.25, 0.3) is 5.22 Å². The van der Waals surface area contributed by atoms with E-state index < -0.39 is 9.84 Å². The smallest absolute Gasteiger partial charge is 0.277 e. The van der Waals surface area contributed by atoms with Gasteiger partial charge in [0.15, 0.2) is 21.4 Å². The largest absolute Gasteiger partial charge is 0.416 e. The van der Waals surface area contributed by atoms with Crippen LogP contribution in [0, 0.1) is 19.8 Å². The molecule has 0 saturated carbocycles. The third-order valence-electron chi connectivity index (χ3n) is 4.95. The molecular formula is C18H20N4O5S2. The second-order valence-corrected chi connectivity index (χ2v) is 10.3. The fourth-order valence-electron chi connectivity index (χ4n) is 3.58. The van der Waals surface area contributed by atoms with E-state index in [0.717, 1.165) is 11.4 Å². The molecule has 0 bridgehead atoms. The molecule has 1 aliphatic heterocycles. The monoisotopic (exact) mass is 436 g/mol. The highest BCUT2D eigenvalue weighted by molar-refractivity contribution is 7.99. The first-order valence-electron chi connectivity index (χ1n) is 9.11. The quantitative estimate of drug-likeness (QED) is 0.406. The molecule has 1 fully saturated rings. The molecule has 0 amide bonds. The van der Waals surface area contributed by atoms with E-state index >= 15 is 0 Å². The lowest BCUT2D eigenvalue weighted by atomic mass is 10.1. The Bertz CT molecular complexity index is 1130. The summed E-state index contributed by atoms with van der Waals surface area (Å²) < 4.78 is 35.5. The molecule has 154 valence electrons. The minimum Gasteiger partial charge on any atom is -0.416 e. The zero-order chi connectivity index (χ0) is 20.6. The van der Waals surface area contributed by atoms with Gasteiger partial charge in [0, 0.05) is 29.4 Å². The third kappa shape index (κ3) is 4.30. The van der Waals surface area contributed by atoms with Crippen LogP contribution in [0.3, 0.4) is 0 Å². The third-order valence-corrected chi connectivity index (χ3v) is 7.61. The van der Waals surface area contributed by atoms with Crippen LogP contribution >= 0.6 is 11.8 Å². The molecule has 3 aromatic rings. The van der Waals surface area contributed by atoms with Gasteiger partial charge in [-0.25, -0.2) is 8.42 Å². The topological polar surface area (TPSA) is 121 Å². The molecule has 0 aromatic carbocycles. The van der Waals surface area contributed by atoms with Gasteiger partial charge in [-0.2, -0.15) is 0 Å². The number of sulfone groups is 1. The summed E-state index contributed by atoms with van der Waals surface area (Å²) in [4.78, 5) is 12.7. The summed E-state index contributed by atoms with van der Waals surface area (Å²) in [5, 5.41) is 12.2. The second kappa shape index (κ2) is 7.79. The maximum Gasteiger partial charge on any atom is 0.277 e. The molecule has 9 nitrogen and oxygen atoms in total. The number of hydrogen-bond acceptors (Lipinski definition) is 9. The lowest BCUT2D eigenvalue weighted by Crippen LogP contribution is -2.07. The number of nitrogens with zero attached hydrogens (tertiary/aromatic N) is 4. The van der Waals surface area contributed by atoms with Crippen molar-refractivity contribution in [3.8, 4) is 5.82 Å². The first-order valence-corrected chi connectivity index (χ1v) is 11.9. The van der Waals surface area contributed by atoms with Crippen LogP contribution in [0.2, 0.25) is 0 Å². The summed E-state index contributed by atoms with van der Waals surface area (Å²) in [6.45, 7) is 3.76. The average molecular weight is 437 g/mol. The standard InChI is InChI=1S/C18H20N4O5S2/c1-11-7-14(12(2)22(11)16-3-5-26-21-16)15(23)9-28-18-20-19-17(27-18)8-13-4-6-29(24,25)10-13/h3,5,7,13H,4,6,8-10H2,1-2H3/t13-/m0/s1. The van der Waals surface area contributed by atoms with Crippen LogP contribution in [0.25, 0.3) is 5.82 Å². The van der Waals surface area contributed by atoms with Crippen LogP contribution < -0.4 is 0 Å². The van der Waals surface area contributed by atoms with E-state index in [4.69, 9.17) is 8.94 Å². The Kier molecular flexibility index (Phi) is 5.34. The second-order valence-electron chi connectivity index (χ2n) is 7.12. The van der Waals surface area contributed by atoms with Crippen LogP contribution in [0.4, 0.5) is 0 Å². The fourth-order valence-corrected chi connectivity index (χ4v) is 6.11. The Morgan fingerprint density at radius 3 is 2.86 bits per heavy atom. The first-order chi connectivity index (χ1) is 13.8. The molecule has 11 heteroatoms. The predicted molar refractivity (Wildman–Crippen MR) is 105 cm³/mol. The number of carbonyl (C=O) groups excluding carboxylic acids is 1. The van der Waals surface area contributed by atoms with Gasteiger partial charge in [0.05, 0.1) is 17.3 Å². The van der Waals surface area contributed by atoms with Gasteiger partial charge in [-0.3, -0.25) is 9.36 Å². The average Bonchev–Trinajstić information content (AvgIpc) is 3.43. The van der Waals surface area contributed by atoms with E-state index in [2.05, 4.69) is 15.4 Å². The van der Waals surface area contributed by atoms with Gasteiger partial charge in [0.1, 0.15) is 6.26 Å². The van der Waals surface area contributed by atoms with Crippen molar-refractivity contribution in [1.82, 2.24) is 19.9 Å². The van der Waals surface area contributed by atoms with E-state index in [1.165, 1.54) is 18.0 Å². The molecule has 29 heavy (non-hydrogen) atoms. The molecule has 1 atom stereocenters. The Balaban J connectivity index is 1.38. The highest BCUT2D eigenvalue weighted by Crippen LogP contribution is 2.26. The van der Waals surface area contributed by atoms with Crippen molar-refractivity contribution >= 4 is 27.4 Å². The van der Waals surface area contributed by atoms with Gasteiger partial charge >= 0.3 is 0 Å². The highest BCUT2D eigenvalue weighted by atomic mass is 32.2. The van der Waals surface area contributed by atoms with Gasteiger partial charge in [0.2, 0.25) is 5.89 Å². The molecule has 4 heterocycles. The van der Waals surface area contributed by atoms with Crippen molar-refractivity contribution in [2.75, 3.05) is 17.3 Å². The number of aromatic nitrogens is 4. The molecular weight excluding hydrogens is 416 g/mol. The lowest BCUT2D eigenvalue weighted by molar-refractivity contribution is 0.102. The van der Waals surface area contributed by atoms with Crippen molar-refractivity contribution in [2.24, 2.45) is 5.92 Å². The minimum absolute atomic E-state index is 0.0156. The van der Waals surface area contributed by atoms with E-state index in [9.17, 15) is 13.2 Å². The Hall–Kier alpha value is -2.40. The summed E-state index contributed by atoms with van der Waals surface area (Å²) in [5.41, 5.74) is 2.28. The summed E-state index contributed by atoms with van der Waals surface area (Å²) in [7, 11) is -2.93. The normalized spacial score (nSPS) is 18.3. The minimum atomic E-state index is -2.93. The maximum atomic E-state index is 12.7. The Morgan fingerprint density at radius 1 is 1.34 bits per heavy atom. The van der Waals surface area contributed by atoms with Gasteiger partial charge < -0.3 is 8.94 Å². The van der Waals surface area contributed by atoms with E-state index in [1.54, 1.807) is 6.07 Å². The zero-order valence-electron chi connectivity index (χ0n) is 16.0. The number of thioether (sulfide) groups is 1. The summed E-state index contributed by atoms with van der Waals surface area (Å²) >= 11 is 1.17. The van der Waals surface area contributed by atoms with Crippen molar-refractivity contribution in [1.29, 1.82) is 0 Å². The van der Waals surface area contributed by atoms with E-state index in [-0.39, 0.29) is 29.0 Å². The van der Waals surface area contributed by atoms with Crippen LogP contribution in [-0.2, 0) is 16.3 Å². The Labute approximate surface area is 171 Å². The number of hydrogen-bond donors (Lipinski definition) is 0. The molecule has 1 aliphatic rings. The number of Topliss-reactive ketones (excluding diaryl/α,β-unsaturated/α-hetero) is 1. The molecule has 4 rings (SSSR count). The lowest BCUT2D eigenvalue weighted by Gasteiger charge is -2.04. The number of carbonyl (C=O) groups is 1. The van der Waals surface area contributed by atoms with Crippen LogP contribution in [0.1, 0.15) is 34.1 Å². The zero-order valence-corrected chi connectivity index (χ0v) is 17.6. The van der Waals surface area contributed by atoms with Crippen molar-refractivity contribution in [2.45, 2.75) is 31.9 Å². The number of rotatable bonds is 7. The van der Waals surface area contributed by atoms with Crippen molar-refractivity contribution < 1.29 is 22.2 Å². The van der Waals surface area contributed by atoms with Crippen LogP contribution in [0.5, 0.6) is 0 Å². The van der Waals surface area contributed by atoms with Crippen molar-refractivity contribution in [3.63, 3.8) is 0 Å². The van der Waals surface area contributed by atoms with E-state index in [0.29, 0.717) is 35.3 Å². The molecule has 0 N–H and O–H groups in total. The first kappa shape index (κ1) is 19.9. The maximum absolute atomic E-state index is 12.7. The van der Waals surface area contributed by atoms with Gasteiger partial charge in [-0.15, -0.1) is 10.2 Å². The van der Waals surface area contributed by atoms with E-state index in [1.807, 2.05) is 24.5 Å². The highest BCUT2D eigenvalue weighted by Gasteiger charge is 2.29. The SMILES string of the molecule is Cc1cc(C(=O)CSc2nnc(C[C@@H]3CCS(=O)(=O)C3)o2)c(C)n1-c1ccon1.